The summed E-state index contributed by atoms with van der Waals surface area (Å²) in [4.78, 5) is 0. The van der Waals surface area contributed by atoms with Crippen LogP contribution in [0.2, 0.25) is 5.02 Å². The largest absolute Gasteiger partial charge is 0.399 e. The highest BCUT2D eigenvalue weighted by Crippen LogP contribution is 2.28. The van der Waals surface area contributed by atoms with Crippen molar-refractivity contribution in [2.24, 2.45) is 0 Å². The van der Waals surface area contributed by atoms with Crippen LogP contribution in [0.25, 0.3) is 11.1 Å². The minimum Gasteiger partial charge on any atom is -0.399 e. The summed E-state index contributed by atoms with van der Waals surface area (Å²) < 4.78 is 27.1. The predicted octanol–water partition coefficient (Wildman–Crippen LogP) is 3.87. The van der Waals surface area contributed by atoms with Crippen molar-refractivity contribution in [3.63, 3.8) is 0 Å². The molecule has 2 aromatic rings. The van der Waals surface area contributed by atoms with Crippen molar-refractivity contribution in [3.05, 3.63) is 53.1 Å². The molecule has 0 heterocycles. The van der Waals surface area contributed by atoms with E-state index in [0.717, 1.165) is 12.1 Å². The fraction of sp³-hybridized carbons (Fsp3) is 0. The van der Waals surface area contributed by atoms with Gasteiger partial charge in [0.05, 0.1) is 0 Å². The van der Waals surface area contributed by atoms with E-state index in [1.54, 1.807) is 0 Å². The van der Waals surface area contributed by atoms with Gasteiger partial charge in [0, 0.05) is 21.8 Å². The van der Waals surface area contributed by atoms with E-state index in [1.807, 2.05) is 0 Å². The summed E-state index contributed by atoms with van der Waals surface area (Å²) >= 11 is 5.62. The molecule has 0 saturated heterocycles. The van der Waals surface area contributed by atoms with Crippen molar-refractivity contribution in [2.45, 2.75) is 0 Å². The fourth-order valence-electron chi connectivity index (χ4n) is 1.46. The Morgan fingerprint density at radius 1 is 0.875 bits per heavy atom. The average molecular weight is 240 g/mol. The number of hydrogen-bond donors (Lipinski definition) is 1. The van der Waals surface area contributed by atoms with E-state index in [4.69, 9.17) is 17.3 Å². The molecule has 0 atom stereocenters. The van der Waals surface area contributed by atoms with Crippen LogP contribution in [0.3, 0.4) is 0 Å². The van der Waals surface area contributed by atoms with Crippen LogP contribution in [-0.4, -0.2) is 0 Å². The van der Waals surface area contributed by atoms with Crippen molar-refractivity contribution in [1.82, 2.24) is 0 Å². The molecule has 0 aliphatic carbocycles. The minimum absolute atomic E-state index is 0.168. The molecule has 0 unspecified atom stereocenters. The highest BCUT2D eigenvalue weighted by molar-refractivity contribution is 6.30. The van der Waals surface area contributed by atoms with Crippen molar-refractivity contribution in [2.75, 3.05) is 5.73 Å². The number of halogens is 3. The van der Waals surface area contributed by atoms with E-state index in [2.05, 4.69) is 0 Å². The summed E-state index contributed by atoms with van der Waals surface area (Å²) in [6, 6.07) is 8.21. The van der Waals surface area contributed by atoms with Crippen LogP contribution in [-0.2, 0) is 0 Å². The molecule has 4 heteroatoms. The monoisotopic (exact) mass is 239 g/mol. The maximum atomic E-state index is 13.5. The van der Waals surface area contributed by atoms with Gasteiger partial charge in [-0.05, 0) is 36.4 Å². The molecule has 1 nitrogen and oxygen atoms in total. The van der Waals surface area contributed by atoms with Crippen LogP contribution in [0.5, 0.6) is 0 Å². The van der Waals surface area contributed by atoms with Crippen LogP contribution in [0, 0.1) is 11.6 Å². The summed E-state index contributed by atoms with van der Waals surface area (Å²) in [7, 11) is 0. The molecule has 0 aromatic heterocycles. The molecule has 82 valence electrons. The average Bonchev–Trinajstić information content (AvgIpc) is 2.19. The van der Waals surface area contributed by atoms with Crippen LogP contribution in [0.4, 0.5) is 14.5 Å². The molecule has 0 spiro atoms. The Labute approximate surface area is 96.5 Å². The van der Waals surface area contributed by atoms with Crippen molar-refractivity contribution >= 4 is 17.3 Å². The Morgan fingerprint density at radius 2 is 1.44 bits per heavy atom. The van der Waals surface area contributed by atoms with Crippen molar-refractivity contribution in [1.29, 1.82) is 0 Å². The SMILES string of the molecule is Nc1ccc(-c2ccc(Cl)cc2F)c(F)c1. The van der Waals surface area contributed by atoms with E-state index in [0.29, 0.717) is 5.69 Å². The molecule has 2 aromatic carbocycles. The summed E-state index contributed by atoms with van der Waals surface area (Å²) in [5.74, 6) is -1.11. The van der Waals surface area contributed by atoms with Gasteiger partial charge in [0.15, 0.2) is 0 Å². The zero-order valence-electron chi connectivity index (χ0n) is 8.18. The Balaban J connectivity index is 2.59. The number of anilines is 1. The topological polar surface area (TPSA) is 26.0 Å². The molecule has 16 heavy (non-hydrogen) atoms. The summed E-state index contributed by atoms with van der Waals surface area (Å²) in [6.45, 7) is 0. The maximum absolute atomic E-state index is 13.5. The minimum atomic E-state index is -0.559. The molecule has 2 rings (SSSR count). The fourth-order valence-corrected chi connectivity index (χ4v) is 1.62. The number of benzene rings is 2. The van der Waals surface area contributed by atoms with Gasteiger partial charge in [0.25, 0.3) is 0 Å². The molecule has 0 fully saturated rings. The molecule has 0 amide bonds. The maximum Gasteiger partial charge on any atom is 0.133 e. The van der Waals surface area contributed by atoms with Gasteiger partial charge >= 0.3 is 0 Å². The van der Waals surface area contributed by atoms with Crippen molar-refractivity contribution in [3.8, 4) is 11.1 Å². The lowest BCUT2D eigenvalue weighted by molar-refractivity contribution is 0.617. The molecular weight excluding hydrogens is 232 g/mol. The van der Waals surface area contributed by atoms with Crippen molar-refractivity contribution < 1.29 is 8.78 Å². The van der Waals surface area contributed by atoms with Gasteiger partial charge in [0.1, 0.15) is 11.6 Å². The lowest BCUT2D eigenvalue weighted by Gasteiger charge is -2.06. The second-order valence-corrected chi connectivity index (χ2v) is 3.80. The Hall–Kier alpha value is -1.61. The zero-order chi connectivity index (χ0) is 11.7. The third-order valence-electron chi connectivity index (χ3n) is 2.21. The molecule has 0 aliphatic rings. The van der Waals surface area contributed by atoms with Gasteiger partial charge in [-0.3, -0.25) is 0 Å². The number of hydrogen-bond acceptors (Lipinski definition) is 1. The summed E-state index contributed by atoms with van der Waals surface area (Å²) in [5.41, 5.74) is 6.05. The quantitative estimate of drug-likeness (QED) is 0.751. The number of nitrogens with two attached hydrogens (primary N) is 1. The van der Waals surface area contributed by atoms with Gasteiger partial charge in [-0.15, -0.1) is 0 Å². The summed E-state index contributed by atoms with van der Waals surface area (Å²) in [6.07, 6.45) is 0. The first-order valence-corrected chi connectivity index (χ1v) is 4.96. The second-order valence-electron chi connectivity index (χ2n) is 3.36. The molecule has 0 bridgehead atoms. The van der Waals surface area contributed by atoms with Gasteiger partial charge in [-0.1, -0.05) is 11.6 Å². The van der Waals surface area contributed by atoms with E-state index in [9.17, 15) is 8.78 Å². The van der Waals surface area contributed by atoms with E-state index in [-0.39, 0.29) is 16.1 Å². The van der Waals surface area contributed by atoms with Gasteiger partial charge in [-0.25, -0.2) is 8.78 Å². The lowest BCUT2D eigenvalue weighted by atomic mass is 10.0. The summed E-state index contributed by atoms with van der Waals surface area (Å²) in [5, 5.41) is 0.275. The zero-order valence-corrected chi connectivity index (χ0v) is 8.93. The van der Waals surface area contributed by atoms with Crippen LogP contribution in [0.15, 0.2) is 36.4 Å². The molecule has 2 N–H and O–H groups in total. The van der Waals surface area contributed by atoms with Gasteiger partial charge in [0.2, 0.25) is 0 Å². The third-order valence-corrected chi connectivity index (χ3v) is 2.45. The number of rotatable bonds is 1. The Kier molecular flexibility index (Phi) is 2.79. The normalized spacial score (nSPS) is 10.4. The molecule has 0 aliphatic heterocycles. The standard InChI is InChI=1S/C12H8ClF2N/c13-7-1-3-9(11(14)5-7)10-4-2-8(16)6-12(10)15/h1-6H,16H2. The van der Waals surface area contributed by atoms with Crippen LogP contribution < -0.4 is 5.73 Å². The lowest BCUT2D eigenvalue weighted by Crippen LogP contribution is -1.91. The first kappa shape index (κ1) is 10.9. The number of nitrogen functional groups attached to an aromatic ring is 1. The molecule has 0 saturated carbocycles. The Bertz CT molecular complexity index is 491. The first-order valence-electron chi connectivity index (χ1n) is 4.58. The molecular formula is C12H8ClF2N. The predicted molar refractivity (Wildman–Crippen MR) is 61.2 cm³/mol. The van der Waals surface area contributed by atoms with Gasteiger partial charge < -0.3 is 5.73 Å². The highest BCUT2D eigenvalue weighted by atomic mass is 35.5. The van der Waals surface area contributed by atoms with Gasteiger partial charge in [-0.2, -0.15) is 0 Å². The molecule has 0 radical (unpaired) electrons. The van der Waals surface area contributed by atoms with E-state index < -0.39 is 11.6 Å². The highest BCUT2D eigenvalue weighted by Gasteiger charge is 2.10. The third kappa shape index (κ3) is 1.99. The van der Waals surface area contributed by atoms with Crippen LogP contribution in [0.1, 0.15) is 0 Å². The Morgan fingerprint density at radius 3 is 2.00 bits per heavy atom. The smallest absolute Gasteiger partial charge is 0.133 e. The van der Waals surface area contributed by atoms with E-state index >= 15 is 0 Å². The van der Waals surface area contributed by atoms with Crippen LogP contribution >= 0.6 is 11.6 Å². The van der Waals surface area contributed by atoms with E-state index in [1.165, 1.54) is 24.3 Å². The second kappa shape index (κ2) is 4.10. The first-order chi connectivity index (χ1) is 7.58.